The Kier molecular flexibility index (Phi) is 4.79. The van der Waals surface area contributed by atoms with Gasteiger partial charge < -0.3 is 10.6 Å². The average molecular weight is 314 g/mol. The van der Waals surface area contributed by atoms with Crippen molar-refractivity contribution in [2.24, 2.45) is 0 Å². The van der Waals surface area contributed by atoms with Crippen LogP contribution in [0.1, 0.15) is 26.3 Å². The molecule has 5 heteroatoms. The summed E-state index contributed by atoms with van der Waals surface area (Å²) in [5, 5.41) is 4.86. The second-order valence-electron chi connectivity index (χ2n) is 6.25. The number of amides is 2. The van der Waals surface area contributed by atoms with Gasteiger partial charge in [-0.25, -0.2) is 4.39 Å². The van der Waals surface area contributed by atoms with E-state index in [9.17, 15) is 14.0 Å². The number of carbonyl (C=O) groups is 2. The molecule has 0 fully saturated rings. The summed E-state index contributed by atoms with van der Waals surface area (Å²) in [6.07, 6.45) is 0. The van der Waals surface area contributed by atoms with Crippen LogP contribution in [0.2, 0.25) is 0 Å². The SMILES string of the molecule is CC(C)(C)c1ccc(NC(=O)C(=O)Nc2cccc(F)c2)cc1. The van der Waals surface area contributed by atoms with E-state index in [0.717, 1.165) is 11.6 Å². The maximum absolute atomic E-state index is 13.0. The smallest absolute Gasteiger partial charge is 0.314 e. The van der Waals surface area contributed by atoms with Crippen LogP contribution in [-0.2, 0) is 15.0 Å². The van der Waals surface area contributed by atoms with Crippen LogP contribution in [0.3, 0.4) is 0 Å². The summed E-state index contributed by atoms with van der Waals surface area (Å²) in [6, 6.07) is 12.7. The van der Waals surface area contributed by atoms with Crippen molar-refractivity contribution in [1.82, 2.24) is 0 Å². The minimum absolute atomic E-state index is 0.0112. The molecular formula is C18H19FN2O2. The van der Waals surface area contributed by atoms with Crippen LogP contribution in [0.15, 0.2) is 48.5 Å². The molecule has 0 aliphatic heterocycles. The highest BCUT2D eigenvalue weighted by molar-refractivity contribution is 6.43. The van der Waals surface area contributed by atoms with Crippen molar-refractivity contribution in [2.45, 2.75) is 26.2 Å². The first-order valence-electron chi connectivity index (χ1n) is 7.24. The molecule has 0 unspecified atom stereocenters. The van der Waals surface area contributed by atoms with Gasteiger partial charge in [0.25, 0.3) is 0 Å². The van der Waals surface area contributed by atoms with Gasteiger partial charge in [0.15, 0.2) is 0 Å². The Morgan fingerprint density at radius 1 is 0.870 bits per heavy atom. The molecule has 2 amide bonds. The molecular weight excluding hydrogens is 295 g/mol. The molecule has 0 spiro atoms. The summed E-state index contributed by atoms with van der Waals surface area (Å²) in [5.41, 5.74) is 1.89. The normalized spacial score (nSPS) is 11.0. The highest BCUT2D eigenvalue weighted by Gasteiger charge is 2.16. The largest absolute Gasteiger partial charge is 0.318 e. The summed E-state index contributed by atoms with van der Waals surface area (Å²) < 4.78 is 13.0. The third-order valence-electron chi connectivity index (χ3n) is 3.30. The lowest BCUT2D eigenvalue weighted by Crippen LogP contribution is -2.29. The zero-order valence-corrected chi connectivity index (χ0v) is 13.3. The number of hydrogen-bond donors (Lipinski definition) is 2. The van der Waals surface area contributed by atoms with Crippen molar-refractivity contribution in [2.75, 3.05) is 10.6 Å². The molecule has 0 saturated carbocycles. The summed E-state index contributed by atoms with van der Waals surface area (Å²) in [7, 11) is 0. The van der Waals surface area contributed by atoms with E-state index in [-0.39, 0.29) is 11.1 Å². The maximum Gasteiger partial charge on any atom is 0.314 e. The van der Waals surface area contributed by atoms with Gasteiger partial charge >= 0.3 is 11.8 Å². The Morgan fingerprint density at radius 3 is 1.96 bits per heavy atom. The van der Waals surface area contributed by atoms with E-state index in [0.29, 0.717) is 5.69 Å². The Morgan fingerprint density at radius 2 is 1.43 bits per heavy atom. The maximum atomic E-state index is 13.0. The quantitative estimate of drug-likeness (QED) is 0.830. The molecule has 0 aromatic heterocycles. The lowest BCUT2D eigenvalue weighted by atomic mass is 9.87. The number of benzene rings is 2. The van der Waals surface area contributed by atoms with E-state index in [1.807, 2.05) is 12.1 Å². The molecule has 2 aromatic carbocycles. The van der Waals surface area contributed by atoms with E-state index < -0.39 is 17.6 Å². The molecule has 0 aliphatic carbocycles. The first-order valence-corrected chi connectivity index (χ1v) is 7.24. The number of anilines is 2. The van der Waals surface area contributed by atoms with Crippen molar-refractivity contribution in [3.8, 4) is 0 Å². The van der Waals surface area contributed by atoms with Gasteiger partial charge in [-0.3, -0.25) is 9.59 Å². The zero-order valence-electron chi connectivity index (χ0n) is 13.3. The molecule has 0 atom stereocenters. The number of carbonyl (C=O) groups excluding carboxylic acids is 2. The van der Waals surface area contributed by atoms with Gasteiger partial charge in [-0.05, 0) is 41.3 Å². The molecule has 2 aromatic rings. The summed E-state index contributed by atoms with van der Waals surface area (Å²) in [5.74, 6) is -2.14. The minimum Gasteiger partial charge on any atom is -0.318 e. The average Bonchev–Trinajstić information content (AvgIpc) is 2.46. The number of hydrogen-bond acceptors (Lipinski definition) is 2. The van der Waals surface area contributed by atoms with Gasteiger partial charge in [-0.1, -0.05) is 39.0 Å². The van der Waals surface area contributed by atoms with Crippen LogP contribution in [0.5, 0.6) is 0 Å². The highest BCUT2D eigenvalue weighted by Crippen LogP contribution is 2.23. The van der Waals surface area contributed by atoms with E-state index >= 15 is 0 Å². The van der Waals surface area contributed by atoms with Gasteiger partial charge in [0.1, 0.15) is 5.82 Å². The van der Waals surface area contributed by atoms with Gasteiger partial charge in [0, 0.05) is 11.4 Å². The predicted octanol–water partition coefficient (Wildman–Crippen LogP) is 3.70. The second-order valence-corrected chi connectivity index (χ2v) is 6.25. The van der Waals surface area contributed by atoms with Gasteiger partial charge in [0.2, 0.25) is 0 Å². The molecule has 4 nitrogen and oxygen atoms in total. The Balaban J connectivity index is 2.00. The Labute approximate surface area is 134 Å². The lowest BCUT2D eigenvalue weighted by molar-refractivity contribution is -0.133. The number of rotatable bonds is 2. The van der Waals surface area contributed by atoms with Gasteiger partial charge in [0.05, 0.1) is 0 Å². The van der Waals surface area contributed by atoms with Crippen LogP contribution in [0, 0.1) is 5.82 Å². The van der Waals surface area contributed by atoms with Crippen LogP contribution < -0.4 is 10.6 Å². The fraction of sp³-hybridized carbons (Fsp3) is 0.222. The van der Waals surface area contributed by atoms with Gasteiger partial charge in [-0.2, -0.15) is 0 Å². The summed E-state index contributed by atoms with van der Waals surface area (Å²) >= 11 is 0. The number of halogens is 1. The van der Waals surface area contributed by atoms with Crippen molar-refractivity contribution in [1.29, 1.82) is 0 Å². The third-order valence-corrected chi connectivity index (χ3v) is 3.30. The topological polar surface area (TPSA) is 58.2 Å². The Hall–Kier alpha value is -2.69. The molecule has 0 radical (unpaired) electrons. The van der Waals surface area contributed by atoms with Crippen molar-refractivity contribution in [3.63, 3.8) is 0 Å². The molecule has 2 N–H and O–H groups in total. The standard InChI is InChI=1S/C18H19FN2O2/c1-18(2,3)12-7-9-14(10-8-12)20-16(22)17(23)21-15-6-4-5-13(19)11-15/h4-11H,1-3H3,(H,20,22)(H,21,23). The number of nitrogens with one attached hydrogen (secondary N) is 2. The molecule has 0 bridgehead atoms. The monoisotopic (exact) mass is 314 g/mol. The fourth-order valence-corrected chi connectivity index (χ4v) is 2.00. The van der Waals surface area contributed by atoms with Crippen molar-refractivity contribution >= 4 is 23.2 Å². The van der Waals surface area contributed by atoms with Crippen LogP contribution >= 0.6 is 0 Å². The third kappa shape index (κ3) is 4.64. The molecule has 2 rings (SSSR count). The zero-order chi connectivity index (χ0) is 17.0. The Bertz CT molecular complexity index is 719. The fourth-order valence-electron chi connectivity index (χ4n) is 2.00. The minimum atomic E-state index is -0.851. The van der Waals surface area contributed by atoms with E-state index in [4.69, 9.17) is 0 Å². The van der Waals surface area contributed by atoms with E-state index in [1.54, 1.807) is 12.1 Å². The van der Waals surface area contributed by atoms with E-state index in [2.05, 4.69) is 31.4 Å². The van der Waals surface area contributed by atoms with Gasteiger partial charge in [-0.15, -0.1) is 0 Å². The highest BCUT2D eigenvalue weighted by atomic mass is 19.1. The molecule has 0 saturated heterocycles. The predicted molar refractivity (Wildman–Crippen MR) is 88.8 cm³/mol. The van der Waals surface area contributed by atoms with Crippen LogP contribution in [0.4, 0.5) is 15.8 Å². The van der Waals surface area contributed by atoms with E-state index in [1.165, 1.54) is 18.2 Å². The summed E-state index contributed by atoms with van der Waals surface area (Å²) in [6.45, 7) is 6.27. The van der Waals surface area contributed by atoms with Crippen molar-refractivity contribution in [3.05, 3.63) is 59.9 Å². The molecule has 120 valence electrons. The molecule has 0 heterocycles. The molecule has 23 heavy (non-hydrogen) atoms. The van der Waals surface area contributed by atoms with Crippen LogP contribution in [-0.4, -0.2) is 11.8 Å². The second kappa shape index (κ2) is 6.60. The molecule has 0 aliphatic rings. The first-order chi connectivity index (χ1) is 10.8. The van der Waals surface area contributed by atoms with Crippen molar-refractivity contribution < 1.29 is 14.0 Å². The first kappa shape index (κ1) is 16.7. The van der Waals surface area contributed by atoms with Crippen LogP contribution in [0.25, 0.3) is 0 Å². The lowest BCUT2D eigenvalue weighted by Gasteiger charge is -2.19. The summed E-state index contributed by atoms with van der Waals surface area (Å²) in [4.78, 5) is 23.7.